The van der Waals surface area contributed by atoms with E-state index in [1.807, 2.05) is 12.2 Å². The van der Waals surface area contributed by atoms with Crippen molar-refractivity contribution < 1.29 is 19.4 Å². The monoisotopic (exact) mass is 486 g/mol. The largest absolute Gasteiger partial charge is 0.394 e. The quantitative estimate of drug-likeness (QED) is 0.0649. The van der Waals surface area contributed by atoms with Crippen molar-refractivity contribution in [2.75, 3.05) is 26.4 Å². The lowest BCUT2D eigenvalue weighted by atomic mass is 10.00. The maximum Gasteiger partial charge on any atom is 0.251 e. The first-order valence-electron chi connectivity index (χ1n) is 12.6. The van der Waals surface area contributed by atoms with Gasteiger partial charge in [-0.05, 0) is 62.6 Å². The number of hydrogen-bond acceptors (Lipinski definition) is 5. The number of hydrogen-bond donors (Lipinski definition) is 2. The highest BCUT2D eigenvalue weighted by molar-refractivity contribution is 5.94. The van der Waals surface area contributed by atoms with Crippen LogP contribution in [0, 0.1) is 0 Å². The molecule has 0 spiro atoms. The molecule has 0 aliphatic carbocycles. The highest BCUT2D eigenvalue weighted by atomic mass is 16.5. The van der Waals surface area contributed by atoms with Crippen LogP contribution in [-0.4, -0.2) is 49.6 Å². The van der Waals surface area contributed by atoms with Crippen molar-refractivity contribution in [2.45, 2.75) is 76.4 Å². The van der Waals surface area contributed by atoms with Gasteiger partial charge in [-0.3, -0.25) is 4.79 Å². The molecule has 35 heavy (non-hydrogen) atoms. The Morgan fingerprint density at radius 3 is 2.40 bits per heavy atom. The Bertz CT molecular complexity index is 763. The number of aliphatic hydroxyl groups is 1. The Hall–Kier alpha value is -2.64. The molecule has 0 aliphatic heterocycles. The molecule has 2 N–H and O–H groups in total. The number of nitrogens with one attached hydrogen (secondary N) is 1. The van der Waals surface area contributed by atoms with E-state index in [-0.39, 0.29) is 24.7 Å². The van der Waals surface area contributed by atoms with Crippen molar-refractivity contribution in [3.05, 3.63) is 65.6 Å². The van der Waals surface area contributed by atoms with E-state index < -0.39 is 0 Å². The molecule has 1 amide bonds. The van der Waals surface area contributed by atoms with E-state index in [4.69, 9.17) is 20.1 Å². The molecule has 2 atom stereocenters. The van der Waals surface area contributed by atoms with E-state index in [2.05, 4.69) is 28.5 Å². The minimum Gasteiger partial charge on any atom is -0.394 e. The third kappa shape index (κ3) is 15.1. The van der Waals surface area contributed by atoms with E-state index in [9.17, 15) is 4.79 Å². The maximum atomic E-state index is 12.7. The second-order valence-corrected chi connectivity index (χ2v) is 8.46. The maximum absolute atomic E-state index is 12.7. The molecule has 0 aliphatic rings. The number of nitrogens with zero attached hydrogens (tertiary/aromatic N) is 3. The van der Waals surface area contributed by atoms with Gasteiger partial charge in [-0.25, -0.2) is 0 Å². The molecular formula is C27H42N4O4. The van der Waals surface area contributed by atoms with Crippen LogP contribution < -0.4 is 5.32 Å². The van der Waals surface area contributed by atoms with Crippen molar-refractivity contribution >= 4 is 11.6 Å². The molecule has 0 saturated carbocycles. The molecule has 8 heteroatoms. The lowest BCUT2D eigenvalue weighted by molar-refractivity contribution is -0.00882. The van der Waals surface area contributed by atoms with Crippen LogP contribution in [0.1, 0.15) is 74.6 Å². The van der Waals surface area contributed by atoms with E-state index >= 15 is 0 Å². The first kappa shape index (κ1) is 30.4. The number of unbranched alkanes of at least 4 members (excludes halogenated alkanes) is 3. The number of azide groups is 1. The van der Waals surface area contributed by atoms with Gasteiger partial charge < -0.3 is 19.9 Å². The fourth-order valence-corrected chi connectivity index (χ4v) is 3.79. The molecule has 1 rings (SSSR count). The van der Waals surface area contributed by atoms with E-state index in [0.717, 1.165) is 64.2 Å². The zero-order chi connectivity index (χ0) is 25.6. The molecule has 0 radical (unpaired) electrons. The Labute approximate surface area is 210 Å². The SMILES string of the molecule is C=CCCCC(CCCCCC(CCC=C)OCCOCCO)NC(=O)c1ccc(N=[N+]=[N-])cc1. The van der Waals surface area contributed by atoms with Gasteiger partial charge in [0.1, 0.15) is 0 Å². The smallest absolute Gasteiger partial charge is 0.251 e. The summed E-state index contributed by atoms with van der Waals surface area (Å²) in [5.41, 5.74) is 9.57. The highest BCUT2D eigenvalue weighted by Gasteiger charge is 2.14. The third-order valence-electron chi connectivity index (χ3n) is 5.67. The number of benzene rings is 1. The predicted octanol–water partition coefficient (Wildman–Crippen LogP) is 6.39. The van der Waals surface area contributed by atoms with Crippen LogP contribution in [0.25, 0.3) is 10.4 Å². The molecule has 0 saturated heterocycles. The normalized spacial score (nSPS) is 12.4. The molecule has 0 fully saturated rings. The van der Waals surface area contributed by atoms with Crippen LogP contribution in [0.15, 0.2) is 54.7 Å². The number of rotatable bonds is 22. The van der Waals surface area contributed by atoms with Crippen molar-refractivity contribution in [1.82, 2.24) is 5.32 Å². The standard InChI is InChI=1S/C27H42N4O4/c1-3-5-8-11-24(29-27(33)23-15-17-25(18-16-23)30-31-28)12-9-7-10-14-26(13-6-4-2)35-22-21-34-20-19-32/h3-4,15-18,24,26,32H,1-2,5-14,19-22H2,(H,29,33). The summed E-state index contributed by atoms with van der Waals surface area (Å²) in [4.78, 5) is 15.5. The summed E-state index contributed by atoms with van der Waals surface area (Å²) in [5, 5.41) is 15.5. The van der Waals surface area contributed by atoms with Crippen LogP contribution in [0.2, 0.25) is 0 Å². The van der Waals surface area contributed by atoms with E-state index in [0.29, 0.717) is 31.1 Å². The Morgan fingerprint density at radius 2 is 1.71 bits per heavy atom. The number of carbonyl (C=O) groups excluding carboxylic acids is 1. The average molecular weight is 487 g/mol. The number of allylic oxidation sites excluding steroid dienone is 2. The fraction of sp³-hybridized carbons (Fsp3) is 0.593. The molecular weight excluding hydrogens is 444 g/mol. The van der Waals surface area contributed by atoms with Crippen LogP contribution in [0.4, 0.5) is 5.69 Å². The van der Waals surface area contributed by atoms with Crippen LogP contribution in [-0.2, 0) is 9.47 Å². The molecule has 0 heterocycles. The Kier molecular flexibility index (Phi) is 18.0. The van der Waals surface area contributed by atoms with E-state index in [1.54, 1.807) is 24.3 Å². The number of amides is 1. The lowest BCUT2D eigenvalue weighted by Gasteiger charge is -2.20. The summed E-state index contributed by atoms with van der Waals surface area (Å²) in [6.45, 7) is 8.98. The van der Waals surface area contributed by atoms with Crippen molar-refractivity contribution in [3.8, 4) is 0 Å². The second-order valence-electron chi connectivity index (χ2n) is 8.46. The predicted molar refractivity (Wildman–Crippen MR) is 141 cm³/mol. The highest BCUT2D eigenvalue weighted by Crippen LogP contribution is 2.17. The molecule has 0 aromatic heterocycles. The number of aliphatic hydroxyl groups excluding tert-OH is 1. The summed E-state index contributed by atoms with van der Waals surface area (Å²) in [7, 11) is 0. The van der Waals surface area contributed by atoms with E-state index in [1.165, 1.54) is 0 Å². The summed E-state index contributed by atoms with van der Waals surface area (Å²) < 4.78 is 11.2. The first-order chi connectivity index (χ1) is 17.1. The second kappa shape index (κ2) is 20.7. The zero-order valence-electron chi connectivity index (χ0n) is 20.9. The molecule has 194 valence electrons. The molecule has 2 unspecified atom stereocenters. The van der Waals surface area contributed by atoms with Crippen molar-refractivity contribution in [1.29, 1.82) is 0 Å². The van der Waals surface area contributed by atoms with Gasteiger partial charge in [0.15, 0.2) is 0 Å². The minimum absolute atomic E-state index is 0.0264. The van der Waals surface area contributed by atoms with Gasteiger partial charge in [0.25, 0.3) is 5.91 Å². The lowest BCUT2D eigenvalue weighted by Crippen LogP contribution is -2.34. The number of carbonyl (C=O) groups is 1. The topological polar surface area (TPSA) is 117 Å². The molecule has 1 aromatic rings. The van der Waals surface area contributed by atoms with Gasteiger partial charge in [-0.1, -0.05) is 48.7 Å². The summed E-state index contributed by atoms with van der Waals surface area (Å²) in [6.07, 6.45) is 13.8. The Balaban J connectivity index is 2.46. The van der Waals surface area contributed by atoms with Gasteiger partial charge in [0.2, 0.25) is 0 Å². The fourth-order valence-electron chi connectivity index (χ4n) is 3.79. The van der Waals surface area contributed by atoms with Gasteiger partial charge in [0, 0.05) is 22.2 Å². The molecule has 1 aromatic carbocycles. The summed E-state index contributed by atoms with van der Waals surface area (Å²) in [5.74, 6) is -0.109. The minimum atomic E-state index is -0.109. The number of ether oxygens (including phenoxy) is 2. The Morgan fingerprint density at radius 1 is 1.00 bits per heavy atom. The van der Waals surface area contributed by atoms with Crippen LogP contribution in [0.3, 0.4) is 0 Å². The van der Waals surface area contributed by atoms with Gasteiger partial charge >= 0.3 is 0 Å². The van der Waals surface area contributed by atoms with Gasteiger partial charge in [0.05, 0.1) is 32.5 Å². The van der Waals surface area contributed by atoms with Crippen LogP contribution >= 0.6 is 0 Å². The van der Waals surface area contributed by atoms with Crippen molar-refractivity contribution in [3.63, 3.8) is 0 Å². The molecule has 8 nitrogen and oxygen atoms in total. The van der Waals surface area contributed by atoms with Crippen LogP contribution in [0.5, 0.6) is 0 Å². The van der Waals surface area contributed by atoms with Gasteiger partial charge in [-0.2, -0.15) is 0 Å². The summed E-state index contributed by atoms with van der Waals surface area (Å²) in [6, 6.07) is 6.75. The average Bonchev–Trinajstić information content (AvgIpc) is 2.87. The van der Waals surface area contributed by atoms with Gasteiger partial charge in [-0.15, -0.1) is 13.2 Å². The first-order valence-corrected chi connectivity index (χ1v) is 12.6. The third-order valence-corrected chi connectivity index (χ3v) is 5.67. The molecule has 0 bridgehead atoms. The zero-order valence-corrected chi connectivity index (χ0v) is 20.9. The summed E-state index contributed by atoms with van der Waals surface area (Å²) >= 11 is 0. The van der Waals surface area contributed by atoms with Crippen molar-refractivity contribution in [2.24, 2.45) is 5.11 Å².